The van der Waals surface area contributed by atoms with Crippen molar-refractivity contribution in [3.8, 4) is 6.07 Å². The first kappa shape index (κ1) is 12.8. The van der Waals surface area contributed by atoms with E-state index in [0.29, 0.717) is 24.8 Å². The SMILES string of the molecule is CN(CCC#N)c1ncc(C2CCCCC2)cn1. The molecule has 0 aliphatic heterocycles. The molecule has 2 rings (SSSR count). The van der Waals surface area contributed by atoms with Crippen molar-refractivity contribution in [2.75, 3.05) is 18.5 Å². The highest BCUT2D eigenvalue weighted by Crippen LogP contribution is 2.31. The molecule has 0 unspecified atom stereocenters. The first-order valence-electron chi connectivity index (χ1n) is 6.71. The highest BCUT2D eigenvalue weighted by molar-refractivity contribution is 5.29. The minimum absolute atomic E-state index is 0.504. The molecule has 96 valence electrons. The van der Waals surface area contributed by atoms with Crippen LogP contribution in [0, 0.1) is 11.3 Å². The third-order valence-electron chi connectivity index (χ3n) is 3.64. The zero-order valence-electron chi connectivity index (χ0n) is 11.0. The van der Waals surface area contributed by atoms with Crippen LogP contribution in [0.2, 0.25) is 0 Å². The summed E-state index contributed by atoms with van der Waals surface area (Å²) in [5, 5.41) is 8.56. The van der Waals surface area contributed by atoms with Gasteiger partial charge in [0.2, 0.25) is 5.95 Å². The molecular formula is C14H20N4. The fraction of sp³-hybridized carbons (Fsp3) is 0.643. The summed E-state index contributed by atoms with van der Waals surface area (Å²) in [5.74, 6) is 1.36. The first-order chi connectivity index (χ1) is 8.81. The van der Waals surface area contributed by atoms with Gasteiger partial charge in [-0.3, -0.25) is 0 Å². The molecule has 0 bridgehead atoms. The molecule has 4 nitrogen and oxygen atoms in total. The van der Waals surface area contributed by atoms with Gasteiger partial charge in [0.25, 0.3) is 0 Å². The van der Waals surface area contributed by atoms with Crippen LogP contribution < -0.4 is 4.90 Å². The second-order valence-electron chi connectivity index (χ2n) is 4.98. The van der Waals surface area contributed by atoms with Crippen LogP contribution in [0.25, 0.3) is 0 Å². The maximum absolute atomic E-state index is 8.56. The Kier molecular flexibility index (Phi) is 4.52. The van der Waals surface area contributed by atoms with Gasteiger partial charge in [-0.1, -0.05) is 19.3 Å². The van der Waals surface area contributed by atoms with E-state index in [1.807, 2.05) is 24.3 Å². The van der Waals surface area contributed by atoms with Gasteiger partial charge < -0.3 is 4.90 Å². The van der Waals surface area contributed by atoms with Crippen LogP contribution in [0.5, 0.6) is 0 Å². The van der Waals surface area contributed by atoms with Gasteiger partial charge in [0.1, 0.15) is 0 Å². The molecule has 0 saturated heterocycles. The number of hydrogen-bond donors (Lipinski definition) is 0. The highest BCUT2D eigenvalue weighted by atomic mass is 15.2. The van der Waals surface area contributed by atoms with Crippen molar-refractivity contribution >= 4 is 5.95 Å². The van der Waals surface area contributed by atoms with Crippen molar-refractivity contribution in [2.45, 2.75) is 44.4 Å². The van der Waals surface area contributed by atoms with Crippen LogP contribution >= 0.6 is 0 Å². The molecule has 1 aromatic heterocycles. The minimum atomic E-state index is 0.504. The molecule has 0 amide bonds. The number of aromatic nitrogens is 2. The molecule has 1 saturated carbocycles. The average Bonchev–Trinajstić information content (AvgIpc) is 2.46. The van der Waals surface area contributed by atoms with E-state index in [1.165, 1.54) is 37.7 Å². The van der Waals surface area contributed by atoms with E-state index < -0.39 is 0 Å². The van der Waals surface area contributed by atoms with Crippen LogP contribution in [-0.2, 0) is 0 Å². The van der Waals surface area contributed by atoms with E-state index in [0.717, 1.165) is 0 Å². The van der Waals surface area contributed by atoms with Crippen molar-refractivity contribution in [1.29, 1.82) is 5.26 Å². The fourth-order valence-corrected chi connectivity index (χ4v) is 2.49. The molecule has 0 atom stereocenters. The number of nitriles is 1. The zero-order valence-corrected chi connectivity index (χ0v) is 11.0. The van der Waals surface area contributed by atoms with Crippen LogP contribution in [-0.4, -0.2) is 23.6 Å². The fourth-order valence-electron chi connectivity index (χ4n) is 2.49. The van der Waals surface area contributed by atoms with E-state index in [-0.39, 0.29) is 0 Å². The predicted molar refractivity (Wildman–Crippen MR) is 71.4 cm³/mol. The van der Waals surface area contributed by atoms with Crippen molar-refractivity contribution in [2.24, 2.45) is 0 Å². The monoisotopic (exact) mass is 244 g/mol. The Balaban J connectivity index is 1.98. The van der Waals surface area contributed by atoms with E-state index in [2.05, 4.69) is 16.0 Å². The summed E-state index contributed by atoms with van der Waals surface area (Å²) in [4.78, 5) is 10.7. The largest absolute Gasteiger partial charge is 0.343 e. The van der Waals surface area contributed by atoms with Gasteiger partial charge in [0.15, 0.2) is 0 Å². The highest BCUT2D eigenvalue weighted by Gasteiger charge is 2.16. The van der Waals surface area contributed by atoms with Crippen LogP contribution in [0.3, 0.4) is 0 Å². The molecule has 4 heteroatoms. The second-order valence-corrected chi connectivity index (χ2v) is 4.98. The van der Waals surface area contributed by atoms with Crippen LogP contribution in [0.1, 0.15) is 50.0 Å². The Labute approximate surface area is 109 Å². The Morgan fingerprint density at radius 1 is 1.28 bits per heavy atom. The lowest BCUT2D eigenvalue weighted by Crippen LogP contribution is -2.20. The van der Waals surface area contributed by atoms with Crippen molar-refractivity contribution in [1.82, 2.24) is 9.97 Å². The molecule has 1 aromatic rings. The Morgan fingerprint density at radius 3 is 2.56 bits per heavy atom. The number of anilines is 1. The molecule has 1 heterocycles. The standard InChI is InChI=1S/C14H20N4/c1-18(9-5-8-15)14-16-10-13(11-17-14)12-6-3-2-4-7-12/h10-12H,2-7,9H2,1H3. The maximum Gasteiger partial charge on any atom is 0.225 e. The zero-order chi connectivity index (χ0) is 12.8. The van der Waals surface area contributed by atoms with Crippen LogP contribution in [0.15, 0.2) is 12.4 Å². The van der Waals surface area contributed by atoms with E-state index in [1.54, 1.807) is 0 Å². The van der Waals surface area contributed by atoms with Gasteiger partial charge in [-0.25, -0.2) is 9.97 Å². The summed E-state index contributed by atoms with van der Waals surface area (Å²) in [7, 11) is 1.92. The lowest BCUT2D eigenvalue weighted by Gasteiger charge is -2.22. The Morgan fingerprint density at radius 2 is 1.94 bits per heavy atom. The summed E-state index contributed by atoms with van der Waals surface area (Å²) in [5.41, 5.74) is 1.27. The molecule has 0 spiro atoms. The molecular weight excluding hydrogens is 224 g/mol. The lowest BCUT2D eigenvalue weighted by molar-refractivity contribution is 0.442. The van der Waals surface area contributed by atoms with Crippen molar-refractivity contribution in [3.63, 3.8) is 0 Å². The predicted octanol–water partition coefficient (Wildman–Crippen LogP) is 2.87. The summed E-state index contributed by atoms with van der Waals surface area (Å²) < 4.78 is 0. The topological polar surface area (TPSA) is 52.8 Å². The summed E-state index contributed by atoms with van der Waals surface area (Å²) in [6, 6.07) is 2.13. The smallest absolute Gasteiger partial charge is 0.225 e. The van der Waals surface area contributed by atoms with E-state index in [4.69, 9.17) is 5.26 Å². The normalized spacial score (nSPS) is 16.2. The third-order valence-corrected chi connectivity index (χ3v) is 3.64. The van der Waals surface area contributed by atoms with Gasteiger partial charge >= 0.3 is 0 Å². The summed E-state index contributed by atoms with van der Waals surface area (Å²) in [6.45, 7) is 0.680. The third kappa shape index (κ3) is 3.19. The van der Waals surface area contributed by atoms with Gasteiger partial charge in [-0.2, -0.15) is 5.26 Å². The lowest BCUT2D eigenvalue weighted by atomic mass is 9.85. The molecule has 1 fully saturated rings. The molecule has 0 N–H and O–H groups in total. The average molecular weight is 244 g/mol. The Bertz CT molecular complexity index is 401. The number of nitrogens with zero attached hydrogens (tertiary/aromatic N) is 4. The molecule has 0 radical (unpaired) electrons. The van der Waals surface area contributed by atoms with E-state index in [9.17, 15) is 0 Å². The van der Waals surface area contributed by atoms with Crippen molar-refractivity contribution in [3.05, 3.63) is 18.0 Å². The van der Waals surface area contributed by atoms with Gasteiger partial charge in [-0.15, -0.1) is 0 Å². The van der Waals surface area contributed by atoms with Crippen LogP contribution in [0.4, 0.5) is 5.95 Å². The van der Waals surface area contributed by atoms with Gasteiger partial charge in [0, 0.05) is 26.0 Å². The molecule has 1 aliphatic carbocycles. The van der Waals surface area contributed by atoms with Gasteiger partial charge in [0.05, 0.1) is 12.5 Å². The van der Waals surface area contributed by atoms with E-state index >= 15 is 0 Å². The molecule has 0 aromatic carbocycles. The second kappa shape index (κ2) is 6.34. The Hall–Kier alpha value is -1.63. The number of hydrogen-bond acceptors (Lipinski definition) is 4. The minimum Gasteiger partial charge on any atom is -0.343 e. The van der Waals surface area contributed by atoms with Crippen molar-refractivity contribution < 1.29 is 0 Å². The number of rotatable bonds is 4. The summed E-state index contributed by atoms with van der Waals surface area (Å²) in [6.07, 6.45) is 11.0. The first-order valence-corrected chi connectivity index (χ1v) is 6.71. The van der Waals surface area contributed by atoms with Gasteiger partial charge in [-0.05, 0) is 24.3 Å². The maximum atomic E-state index is 8.56. The molecule has 18 heavy (non-hydrogen) atoms. The molecule has 1 aliphatic rings. The quantitative estimate of drug-likeness (QED) is 0.817. The summed E-state index contributed by atoms with van der Waals surface area (Å²) >= 11 is 0.